The standard InChI is InChI=1S/C14H16N2/c1-10(11-2-6-13(15)7-3-11)12-4-8-14(16)9-5-12/h2-10H,15-16H2,1H3. The van der Waals surface area contributed by atoms with Gasteiger partial charge in [-0.05, 0) is 35.4 Å². The summed E-state index contributed by atoms with van der Waals surface area (Å²) >= 11 is 0. The molecule has 0 spiro atoms. The molecule has 0 saturated heterocycles. The van der Waals surface area contributed by atoms with E-state index in [1.54, 1.807) is 0 Å². The topological polar surface area (TPSA) is 52.0 Å². The van der Waals surface area contributed by atoms with Crippen molar-refractivity contribution in [2.24, 2.45) is 0 Å². The number of rotatable bonds is 2. The van der Waals surface area contributed by atoms with Crippen molar-refractivity contribution in [2.45, 2.75) is 12.8 Å². The van der Waals surface area contributed by atoms with Crippen molar-refractivity contribution in [1.82, 2.24) is 0 Å². The zero-order valence-electron chi connectivity index (χ0n) is 9.35. The van der Waals surface area contributed by atoms with Gasteiger partial charge in [0.25, 0.3) is 0 Å². The molecule has 0 radical (unpaired) electrons. The summed E-state index contributed by atoms with van der Waals surface area (Å²) in [6.07, 6.45) is 0. The number of nitrogen functional groups attached to an aromatic ring is 2. The first-order valence-corrected chi connectivity index (χ1v) is 5.37. The molecule has 2 aromatic rings. The molecule has 2 heteroatoms. The predicted molar refractivity (Wildman–Crippen MR) is 69.2 cm³/mol. The van der Waals surface area contributed by atoms with Crippen LogP contribution in [-0.4, -0.2) is 0 Å². The van der Waals surface area contributed by atoms with Crippen molar-refractivity contribution >= 4 is 11.4 Å². The molecule has 2 nitrogen and oxygen atoms in total. The van der Waals surface area contributed by atoms with E-state index in [9.17, 15) is 0 Å². The summed E-state index contributed by atoms with van der Waals surface area (Å²) in [5, 5.41) is 0. The molecule has 0 heterocycles. The van der Waals surface area contributed by atoms with Gasteiger partial charge in [0.05, 0.1) is 0 Å². The highest BCUT2D eigenvalue weighted by atomic mass is 14.5. The monoisotopic (exact) mass is 212 g/mol. The van der Waals surface area contributed by atoms with Crippen molar-refractivity contribution in [3.8, 4) is 0 Å². The van der Waals surface area contributed by atoms with E-state index < -0.39 is 0 Å². The van der Waals surface area contributed by atoms with E-state index in [1.165, 1.54) is 11.1 Å². The first-order chi connectivity index (χ1) is 7.66. The Morgan fingerprint density at radius 1 is 0.688 bits per heavy atom. The molecule has 2 aromatic carbocycles. The molecule has 0 aliphatic carbocycles. The summed E-state index contributed by atoms with van der Waals surface area (Å²) < 4.78 is 0. The normalized spacial score (nSPS) is 10.6. The Hall–Kier alpha value is -1.96. The maximum absolute atomic E-state index is 5.67. The second-order valence-corrected chi connectivity index (χ2v) is 4.06. The zero-order chi connectivity index (χ0) is 11.5. The van der Waals surface area contributed by atoms with Crippen molar-refractivity contribution < 1.29 is 0 Å². The van der Waals surface area contributed by atoms with E-state index in [-0.39, 0.29) is 0 Å². The highest BCUT2D eigenvalue weighted by molar-refractivity contribution is 5.45. The van der Waals surface area contributed by atoms with Crippen LogP contribution in [-0.2, 0) is 0 Å². The van der Waals surface area contributed by atoms with Gasteiger partial charge in [-0.1, -0.05) is 31.2 Å². The van der Waals surface area contributed by atoms with Gasteiger partial charge in [-0.25, -0.2) is 0 Å². The Morgan fingerprint density at radius 3 is 1.31 bits per heavy atom. The average molecular weight is 212 g/mol. The van der Waals surface area contributed by atoms with Crippen LogP contribution < -0.4 is 11.5 Å². The van der Waals surface area contributed by atoms with Crippen molar-refractivity contribution in [1.29, 1.82) is 0 Å². The summed E-state index contributed by atoms with van der Waals surface area (Å²) in [6.45, 7) is 2.18. The van der Waals surface area contributed by atoms with Gasteiger partial charge in [-0.2, -0.15) is 0 Å². The number of hydrogen-bond acceptors (Lipinski definition) is 2. The molecule has 0 saturated carbocycles. The Bertz CT molecular complexity index is 412. The molecule has 0 atom stereocenters. The molecule has 0 aromatic heterocycles. The van der Waals surface area contributed by atoms with Crippen LogP contribution in [0, 0.1) is 0 Å². The zero-order valence-corrected chi connectivity index (χ0v) is 9.35. The van der Waals surface area contributed by atoms with Gasteiger partial charge in [-0.3, -0.25) is 0 Å². The average Bonchev–Trinajstić information content (AvgIpc) is 2.30. The Kier molecular flexibility index (Phi) is 2.82. The van der Waals surface area contributed by atoms with E-state index in [0.717, 1.165) is 11.4 Å². The van der Waals surface area contributed by atoms with E-state index in [2.05, 4.69) is 31.2 Å². The summed E-state index contributed by atoms with van der Waals surface area (Å²) in [7, 11) is 0. The second-order valence-electron chi connectivity index (χ2n) is 4.06. The van der Waals surface area contributed by atoms with E-state index >= 15 is 0 Å². The maximum atomic E-state index is 5.67. The number of benzene rings is 2. The lowest BCUT2D eigenvalue weighted by Gasteiger charge is -2.12. The molecule has 2 rings (SSSR count). The minimum absolute atomic E-state index is 0.362. The van der Waals surface area contributed by atoms with Crippen LogP contribution in [0.3, 0.4) is 0 Å². The first kappa shape index (κ1) is 10.6. The Balaban J connectivity index is 2.28. The lowest BCUT2D eigenvalue weighted by molar-refractivity contribution is 0.923. The predicted octanol–water partition coefficient (Wildman–Crippen LogP) is 3.00. The third-order valence-corrected chi connectivity index (χ3v) is 2.87. The summed E-state index contributed by atoms with van der Waals surface area (Å²) in [5.74, 6) is 0.362. The van der Waals surface area contributed by atoms with Crippen molar-refractivity contribution in [3.63, 3.8) is 0 Å². The second kappa shape index (κ2) is 4.27. The summed E-state index contributed by atoms with van der Waals surface area (Å²) in [5.41, 5.74) is 15.5. The van der Waals surface area contributed by atoms with E-state index in [0.29, 0.717) is 5.92 Å². The van der Waals surface area contributed by atoms with Gasteiger partial charge >= 0.3 is 0 Å². The molecule has 82 valence electrons. The molecule has 0 fully saturated rings. The Labute approximate surface area is 95.9 Å². The van der Waals surface area contributed by atoms with Gasteiger partial charge in [0.2, 0.25) is 0 Å². The van der Waals surface area contributed by atoms with Crippen molar-refractivity contribution in [2.75, 3.05) is 11.5 Å². The van der Waals surface area contributed by atoms with Gasteiger partial charge in [0.15, 0.2) is 0 Å². The molecule has 0 aliphatic heterocycles. The lowest BCUT2D eigenvalue weighted by atomic mass is 9.93. The van der Waals surface area contributed by atoms with Crippen LogP contribution in [0.5, 0.6) is 0 Å². The van der Waals surface area contributed by atoms with Gasteiger partial charge in [0, 0.05) is 17.3 Å². The Morgan fingerprint density at radius 2 is 1.00 bits per heavy atom. The minimum Gasteiger partial charge on any atom is -0.399 e. The third-order valence-electron chi connectivity index (χ3n) is 2.87. The largest absolute Gasteiger partial charge is 0.399 e. The first-order valence-electron chi connectivity index (χ1n) is 5.37. The molecule has 0 aliphatic rings. The van der Waals surface area contributed by atoms with Crippen LogP contribution in [0.4, 0.5) is 11.4 Å². The van der Waals surface area contributed by atoms with Crippen LogP contribution in [0.2, 0.25) is 0 Å². The molecular formula is C14H16N2. The lowest BCUT2D eigenvalue weighted by Crippen LogP contribution is -1.97. The maximum Gasteiger partial charge on any atom is 0.0314 e. The fourth-order valence-corrected chi connectivity index (χ4v) is 1.76. The van der Waals surface area contributed by atoms with Crippen LogP contribution in [0.15, 0.2) is 48.5 Å². The van der Waals surface area contributed by atoms with Gasteiger partial charge < -0.3 is 11.5 Å². The number of hydrogen-bond donors (Lipinski definition) is 2. The minimum atomic E-state index is 0.362. The SMILES string of the molecule is CC(c1ccc(N)cc1)c1ccc(N)cc1. The quantitative estimate of drug-likeness (QED) is 0.752. The highest BCUT2D eigenvalue weighted by Crippen LogP contribution is 2.25. The molecule has 4 N–H and O–H groups in total. The van der Waals surface area contributed by atoms with Crippen LogP contribution >= 0.6 is 0 Å². The van der Waals surface area contributed by atoms with Gasteiger partial charge in [-0.15, -0.1) is 0 Å². The number of nitrogens with two attached hydrogens (primary N) is 2. The van der Waals surface area contributed by atoms with Crippen molar-refractivity contribution in [3.05, 3.63) is 59.7 Å². The fraction of sp³-hybridized carbons (Fsp3) is 0.143. The smallest absolute Gasteiger partial charge is 0.0314 e. The molecule has 0 unspecified atom stereocenters. The third kappa shape index (κ3) is 2.16. The summed E-state index contributed by atoms with van der Waals surface area (Å²) in [4.78, 5) is 0. The van der Waals surface area contributed by atoms with Crippen LogP contribution in [0.1, 0.15) is 24.0 Å². The fourth-order valence-electron chi connectivity index (χ4n) is 1.76. The van der Waals surface area contributed by atoms with Gasteiger partial charge in [0.1, 0.15) is 0 Å². The van der Waals surface area contributed by atoms with Crippen LogP contribution in [0.25, 0.3) is 0 Å². The number of anilines is 2. The molecule has 16 heavy (non-hydrogen) atoms. The molecule has 0 bridgehead atoms. The molecule has 0 amide bonds. The molecular weight excluding hydrogens is 196 g/mol. The van der Waals surface area contributed by atoms with E-state index in [4.69, 9.17) is 11.5 Å². The van der Waals surface area contributed by atoms with E-state index in [1.807, 2.05) is 24.3 Å². The highest BCUT2D eigenvalue weighted by Gasteiger charge is 2.07. The summed E-state index contributed by atoms with van der Waals surface area (Å²) in [6, 6.07) is 16.0.